The van der Waals surface area contributed by atoms with E-state index in [1.807, 2.05) is 0 Å². The van der Waals surface area contributed by atoms with Gasteiger partial charge in [-0.25, -0.2) is 13.6 Å². The molecule has 0 atom stereocenters. The lowest BCUT2D eigenvalue weighted by atomic mass is 10.2. The van der Waals surface area contributed by atoms with Crippen molar-refractivity contribution >= 4 is 23.4 Å². The van der Waals surface area contributed by atoms with Crippen molar-refractivity contribution in [3.8, 4) is 0 Å². The number of carboxylic acid groups (broad SMARTS) is 1. The Bertz CT molecular complexity index is 719. The molecule has 2 aromatic rings. The van der Waals surface area contributed by atoms with E-state index in [4.69, 9.17) is 5.11 Å². The van der Waals surface area contributed by atoms with Gasteiger partial charge in [0.1, 0.15) is 17.2 Å². The molecule has 0 fully saturated rings. The van der Waals surface area contributed by atoms with Crippen LogP contribution in [-0.2, 0) is 0 Å². The van der Waals surface area contributed by atoms with Crippen LogP contribution in [-0.4, -0.2) is 16.0 Å². The van der Waals surface area contributed by atoms with Crippen LogP contribution < -0.4 is 0 Å². The van der Waals surface area contributed by atoms with Gasteiger partial charge in [-0.1, -0.05) is 11.8 Å². The van der Waals surface area contributed by atoms with Crippen molar-refractivity contribution in [1.82, 2.24) is 0 Å². The molecule has 0 amide bonds. The van der Waals surface area contributed by atoms with Gasteiger partial charge in [0.25, 0.3) is 5.69 Å². The average molecular weight is 311 g/mol. The monoisotopic (exact) mass is 311 g/mol. The van der Waals surface area contributed by atoms with Crippen molar-refractivity contribution in [2.45, 2.75) is 9.79 Å². The van der Waals surface area contributed by atoms with Gasteiger partial charge in [-0.3, -0.25) is 10.1 Å². The van der Waals surface area contributed by atoms with Crippen molar-refractivity contribution in [2.75, 3.05) is 0 Å². The molecule has 0 heterocycles. The first kappa shape index (κ1) is 14.9. The van der Waals surface area contributed by atoms with Crippen LogP contribution in [0.15, 0.2) is 46.2 Å². The Hall–Kier alpha value is -2.48. The summed E-state index contributed by atoms with van der Waals surface area (Å²) in [6, 6.07) is 6.55. The number of aromatic carboxylic acids is 1. The summed E-state index contributed by atoms with van der Waals surface area (Å²) in [5.74, 6) is -3.13. The maximum absolute atomic E-state index is 13.6. The molecule has 2 aromatic carbocycles. The molecular formula is C13H7F2NO4S. The van der Waals surface area contributed by atoms with Gasteiger partial charge in [0.15, 0.2) is 0 Å². The normalized spacial score (nSPS) is 10.4. The maximum Gasteiger partial charge on any atom is 0.338 e. The molecule has 5 nitrogen and oxygen atoms in total. The molecular weight excluding hydrogens is 304 g/mol. The fraction of sp³-hybridized carbons (Fsp3) is 0. The number of nitrogens with zero attached hydrogens (tertiary/aromatic N) is 1. The summed E-state index contributed by atoms with van der Waals surface area (Å²) in [5, 5.41) is 19.7. The minimum atomic E-state index is -1.59. The lowest BCUT2D eigenvalue weighted by molar-refractivity contribution is -0.387. The summed E-state index contributed by atoms with van der Waals surface area (Å²) < 4.78 is 26.4. The number of halogens is 2. The van der Waals surface area contributed by atoms with Crippen molar-refractivity contribution in [1.29, 1.82) is 0 Å². The molecule has 8 heteroatoms. The summed E-state index contributed by atoms with van der Waals surface area (Å²) in [6.07, 6.45) is 0. The van der Waals surface area contributed by atoms with Gasteiger partial charge in [-0.2, -0.15) is 0 Å². The van der Waals surface area contributed by atoms with Crippen LogP contribution in [0.5, 0.6) is 0 Å². The van der Waals surface area contributed by atoms with Gasteiger partial charge in [0.05, 0.1) is 9.82 Å². The number of nitro benzene ring substituents is 1. The minimum Gasteiger partial charge on any atom is -0.478 e. The summed E-state index contributed by atoms with van der Waals surface area (Å²) in [6.45, 7) is 0. The third kappa shape index (κ3) is 3.34. The number of benzene rings is 2. The molecule has 2 rings (SSSR count). The second-order valence-electron chi connectivity index (χ2n) is 3.92. The molecule has 108 valence electrons. The fourth-order valence-corrected chi connectivity index (χ4v) is 2.49. The molecule has 0 aliphatic carbocycles. The number of carbonyl (C=O) groups is 1. The van der Waals surface area contributed by atoms with Crippen LogP contribution in [0, 0.1) is 21.7 Å². The van der Waals surface area contributed by atoms with Gasteiger partial charge in [-0.15, -0.1) is 0 Å². The van der Waals surface area contributed by atoms with Crippen LogP contribution >= 0.6 is 11.8 Å². The smallest absolute Gasteiger partial charge is 0.338 e. The van der Waals surface area contributed by atoms with Crippen LogP contribution in [0.1, 0.15) is 10.4 Å². The van der Waals surface area contributed by atoms with Gasteiger partial charge < -0.3 is 5.11 Å². The largest absolute Gasteiger partial charge is 0.478 e. The third-order valence-electron chi connectivity index (χ3n) is 2.52. The highest BCUT2D eigenvalue weighted by Crippen LogP contribution is 2.36. The molecule has 1 N–H and O–H groups in total. The molecule has 0 aromatic heterocycles. The molecule has 0 saturated carbocycles. The third-order valence-corrected chi connectivity index (χ3v) is 3.57. The number of hydrogen-bond donors (Lipinski definition) is 1. The first-order chi connectivity index (χ1) is 9.88. The van der Waals surface area contributed by atoms with Crippen LogP contribution in [0.2, 0.25) is 0 Å². The fourth-order valence-electron chi connectivity index (χ4n) is 1.56. The Balaban J connectivity index is 2.47. The quantitative estimate of drug-likeness (QED) is 0.687. The van der Waals surface area contributed by atoms with E-state index in [0.717, 1.165) is 30.0 Å². The van der Waals surface area contributed by atoms with E-state index in [0.29, 0.717) is 11.0 Å². The summed E-state index contributed by atoms with van der Waals surface area (Å²) >= 11 is 0.845. The summed E-state index contributed by atoms with van der Waals surface area (Å²) in [4.78, 5) is 21.4. The van der Waals surface area contributed by atoms with Crippen LogP contribution in [0.25, 0.3) is 0 Å². The minimum absolute atomic E-state index is 0.0610. The van der Waals surface area contributed by atoms with Crippen LogP contribution in [0.4, 0.5) is 14.5 Å². The van der Waals surface area contributed by atoms with E-state index < -0.39 is 33.8 Å². The van der Waals surface area contributed by atoms with E-state index in [1.54, 1.807) is 0 Å². The van der Waals surface area contributed by atoms with Crippen LogP contribution in [0.3, 0.4) is 0 Å². The highest BCUT2D eigenvalue weighted by molar-refractivity contribution is 7.99. The van der Waals surface area contributed by atoms with E-state index in [2.05, 4.69) is 0 Å². The van der Waals surface area contributed by atoms with Crippen molar-refractivity contribution in [3.05, 3.63) is 63.7 Å². The first-order valence-electron chi connectivity index (χ1n) is 5.53. The standard InChI is InChI=1S/C13H7F2NO4S/c14-7-1-3-8(4-2-7)21-12-6-10(15)9(13(17)18)5-11(12)16(19)20/h1-6H,(H,17,18). The molecule has 21 heavy (non-hydrogen) atoms. The number of nitro groups is 1. The summed E-state index contributed by atoms with van der Waals surface area (Å²) in [7, 11) is 0. The topological polar surface area (TPSA) is 80.4 Å². The zero-order valence-corrected chi connectivity index (χ0v) is 11.1. The number of hydrogen-bond acceptors (Lipinski definition) is 4. The zero-order chi connectivity index (χ0) is 15.6. The average Bonchev–Trinajstić information content (AvgIpc) is 2.40. The van der Waals surface area contributed by atoms with Gasteiger partial charge in [-0.05, 0) is 30.3 Å². The molecule has 0 aliphatic rings. The Morgan fingerprint density at radius 3 is 2.33 bits per heavy atom. The molecule has 0 spiro atoms. The first-order valence-corrected chi connectivity index (χ1v) is 6.35. The second kappa shape index (κ2) is 5.88. The Morgan fingerprint density at radius 2 is 1.81 bits per heavy atom. The molecule has 0 radical (unpaired) electrons. The zero-order valence-electron chi connectivity index (χ0n) is 10.2. The molecule has 0 unspecified atom stereocenters. The highest BCUT2D eigenvalue weighted by atomic mass is 32.2. The van der Waals surface area contributed by atoms with E-state index in [-0.39, 0.29) is 4.90 Å². The summed E-state index contributed by atoms with van der Waals surface area (Å²) in [5.41, 5.74) is -1.30. The van der Waals surface area contributed by atoms with Crippen molar-refractivity contribution in [3.63, 3.8) is 0 Å². The van der Waals surface area contributed by atoms with Gasteiger partial charge >= 0.3 is 5.97 Å². The second-order valence-corrected chi connectivity index (χ2v) is 5.03. The predicted molar refractivity (Wildman–Crippen MR) is 70.5 cm³/mol. The maximum atomic E-state index is 13.6. The Morgan fingerprint density at radius 1 is 1.19 bits per heavy atom. The van der Waals surface area contributed by atoms with E-state index in [1.165, 1.54) is 12.1 Å². The Labute approximate surface area is 121 Å². The Kier molecular flexibility index (Phi) is 4.18. The molecule has 0 aliphatic heterocycles. The molecule has 0 bridgehead atoms. The lowest BCUT2D eigenvalue weighted by Gasteiger charge is -2.05. The van der Waals surface area contributed by atoms with Crippen molar-refractivity contribution in [2.24, 2.45) is 0 Å². The lowest BCUT2D eigenvalue weighted by Crippen LogP contribution is -2.03. The van der Waals surface area contributed by atoms with E-state index >= 15 is 0 Å². The van der Waals surface area contributed by atoms with E-state index in [9.17, 15) is 23.7 Å². The number of rotatable bonds is 4. The van der Waals surface area contributed by atoms with Crippen molar-refractivity contribution < 1.29 is 23.6 Å². The SMILES string of the molecule is O=C(O)c1cc([N+](=O)[O-])c(Sc2ccc(F)cc2)cc1F. The van der Waals surface area contributed by atoms with Gasteiger partial charge in [0.2, 0.25) is 0 Å². The predicted octanol–water partition coefficient (Wildman–Crippen LogP) is 3.72. The highest BCUT2D eigenvalue weighted by Gasteiger charge is 2.22. The number of carboxylic acids is 1. The molecule has 0 saturated heterocycles. The van der Waals surface area contributed by atoms with Gasteiger partial charge in [0, 0.05) is 11.0 Å².